The van der Waals surface area contributed by atoms with Crippen LogP contribution in [0.1, 0.15) is 50.3 Å². The van der Waals surface area contributed by atoms with E-state index < -0.39 is 0 Å². The Morgan fingerprint density at radius 1 is 1.15 bits per heavy atom. The number of nitrogens with zero attached hydrogens (tertiary/aromatic N) is 3. The van der Waals surface area contributed by atoms with Crippen LogP contribution in [0.15, 0.2) is 30.3 Å². The third-order valence-corrected chi connectivity index (χ3v) is 5.85. The van der Waals surface area contributed by atoms with Gasteiger partial charge in [0, 0.05) is 30.6 Å². The molecule has 0 spiro atoms. The highest BCUT2D eigenvalue weighted by atomic mass is 16.5. The second-order valence-corrected chi connectivity index (χ2v) is 8.49. The molecule has 0 aliphatic carbocycles. The molecule has 1 saturated heterocycles. The SMILES string of the molecule is CC1CCN(c2nc(-c3ccccc3)c3c(c2C#N)CC(C)(C)OC3)CC1. The highest BCUT2D eigenvalue weighted by Gasteiger charge is 2.33. The summed E-state index contributed by atoms with van der Waals surface area (Å²) in [6, 6.07) is 12.8. The molecule has 0 atom stereocenters. The molecule has 2 aromatic rings. The Morgan fingerprint density at radius 3 is 2.52 bits per heavy atom. The quantitative estimate of drug-likeness (QED) is 0.777. The van der Waals surface area contributed by atoms with E-state index in [0.717, 1.165) is 72.0 Å². The first-order chi connectivity index (χ1) is 13.0. The van der Waals surface area contributed by atoms with Crippen molar-refractivity contribution >= 4 is 5.82 Å². The minimum Gasteiger partial charge on any atom is -0.370 e. The van der Waals surface area contributed by atoms with Gasteiger partial charge in [-0.15, -0.1) is 0 Å². The van der Waals surface area contributed by atoms with Gasteiger partial charge in [-0.25, -0.2) is 4.98 Å². The summed E-state index contributed by atoms with van der Waals surface area (Å²) >= 11 is 0. The summed E-state index contributed by atoms with van der Waals surface area (Å²) in [7, 11) is 0. The molecule has 0 unspecified atom stereocenters. The van der Waals surface area contributed by atoms with Crippen molar-refractivity contribution in [1.29, 1.82) is 5.26 Å². The predicted octanol–water partition coefficient (Wildman–Crippen LogP) is 4.71. The minimum absolute atomic E-state index is 0.262. The Bertz CT molecular complexity index is 875. The van der Waals surface area contributed by atoms with Crippen LogP contribution >= 0.6 is 0 Å². The van der Waals surface area contributed by atoms with E-state index >= 15 is 0 Å². The van der Waals surface area contributed by atoms with E-state index in [9.17, 15) is 5.26 Å². The van der Waals surface area contributed by atoms with Crippen LogP contribution in [0.2, 0.25) is 0 Å². The van der Waals surface area contributed by atoms with Gasteiger partial charge in [0.25, 0.3) is 0 Å². The maximum absolute atomic E-state index is 10.0. The number of anilines is 1. The van der Waals surface area contributed by atoms with Gasteiger partial charge < -0.3 is 9.64 Å². The Balaban J connectivity index is 1.90. The van der Waals surface area contributed by atoms with Crippen LogP contribution in [0.5, 0.6) is 0 Å². The number of nitriles is 1. The summed E-state index contributed by atoms with van der Waals surface area (Å²) in [5, 5.41) is 10.0. The average molecular weight is 361 g/mol. The second-order valence-electron chi connectivity index (χ2n) is 8.49. The summed E-state index contributed by atoms with van der Waals surface area (Å²) in [6.07, 6.45) is 3.04. The van der Waals surface area contributed by atoms with Crippen LogP contribution in [0.25, 0.3) is 11.3 Å². The highest BCUT2D eigenvalue weighted by Crippen LogP contribution is 2.39. The van der Waals surface area contributed by atoms with Crippen LogP contribution in [0.3, 0.4) is 0 Å². The summed E-state index contributed by atoms with van der Waals surface area (Å²) in [4.78, 5) is 7.36. The lowest BCUT2D eigenvalue weighted by Crippen LogP contribution is -2.36. The topological polar surface area (TPSA) is 49.2 Å². The average Bonchev–Trinajstić information content (AvgIpc) is 2.67. The molecule has 1 aromatic carbocycles. The molecule has 27 heavy (non-hydrogen) atoms. The van der Waals surface area contributed by atoms with Crippen LogP contribution in [-0.2, 0) is 17.8 Å². The van der Waals surface area contributed by atoms with Gasteiger partial charge in [-0.2, -0.15) is 5.26 Å². The minimum atomic E-state index is -0.262. The molecular weight excluding hydrogens is 334 g/mol. The van der Waals surface area contributed by atoms with E-state index in [0.29, 0.717) is 6.61 Å². The first-order valence-electron chi connectivity index (χ1n) is 9.88. The predicted molar refractivity (Wildman–Crippen MR) is 108 cm³/mol. The summed E-state index contributed by atoms with van der Waals surface area (Å²) in [5.74, 6) is 1.60. The molecular formula is C23H27N3O. The molecule has 4 heteroatoms. The third-order valence-electron chi connectivity index (χ3n) is 5.85. The molecule has 1 fully saturated rings. The van der Waals surface area contributed by atoms with E-state index in [-0.39, 0.29) is 5.60 Å². The normalized spacial score (nSPS) is 19.4. The maximum atomic E-state index is 10.0. The van der Waals surface area contributed by atoms with Crippen molar-refractivity contribution in [3.63, 3.8) is 0 Å². The number of benzene rings is 1. The van der Waals surface area contributed by atoms with Crippen molar-refractivity contribution in [2.45, 2.75) is 52.2 Å². The number of hydrogen-bond acceptors (Lipinski definition) is 4. The monoisotopic (exact) mass is 361 g/mol. The molecule has 2 aliphatic heterocycles. The van der Waals surface area contributed by atoms with Crippen LogP contribution < -0.4 is 4.90 Å². The van der Waals surface area contributed by atoms with Gasteiger partial charge in [0.15, 0.2) is 0 Å². The molecule has 0 N–H and O–H groups in total. The molecule has 1 aromatic heterocycles. The van der Waals surface area contributed by atoms with Crippen molar-refractivity contribution in [3.8, 4) is 17.3 Å². The molecule has 4 rings (SSSR count). The number of piperidine rings is 1. The van der Waals surface area contributed by atoms with Gasteiger partial charge in [0.2, 0.25) is 0 Å². The number of hydrogen-bond donors (Lipinski definition) is 0. The first-order valence-corrected chi connectivity index (χ1v) is 9.88. The Morgan fingerprint density at radius 2 is 1.85 bits per heavy atom. The van der Waals surface area contributed by atoms with Crippen molar-refractivity contribution in [1.82, 2.24) is 4.98 Å². The van der Waals surface area contributed by atoms with Crippen LogP contribution in [-0.4, -0.2) is 23.7 Å². The summed E-state index contributed by atoms with van der Waals surface area (Å²) < 4.78 is 6.09. The zero-order chi connectivity index (χ0) is 19.0. The maximum Gasteiger partial charge on any atom is 0.147 e. The van der Waals surface area contributed by atoms with Gasteiger partial charge in [0.05, 0.1) is 23.5 Å². The number of aromatic nitrogens is 1. The van der Waals surface area contributed by atoms with Gasteiger partial charge in [-0.1, -0.05) is 37.3 Å². The third kappa shape index (κ3) is 3.44. The van der Waals surface area contributed by atoms with Crippen molar-refractivity contribution in [3.05, 3.63) is 47.0 Å². The summed E-state index contributed by atoms with van der Waals surface area (Å²) in [6.45, 7) is 8.94. The van der Waals surface area contributed by atoms with Crippen molar-refractivity contribution in [2.24, 2.45) is 5.92 Å². The standard InChI is InChI=1S/C23H27N3O/c1-16-9-11-26(12-10-16)22-19(14-24)18-13-23(2,3)27-15-20(18)21(25-22)17-7-5-4-6-8-17/h4-8,16H,9-13,15H2,1-3H3. The lowest BCUT2D eigenvalue weighted by Gasteiger charge is -2.36. The van der Waals surface area contributed by atoms with E-state index in [1.54, 1.807) is 0 Å². The summed E-state index contributed by atoms with van der Waals surface area (Å²) in [5.41, 5.74) is 4.74. The number of fused-ring (bicyclic) bond motifs is 1. The van der Waals surface area contributed by atoms with Gasteiger partial charge >= 0.3 is 0 Å². The van der Waals surface area contributed by atoms with E-state index in [4.69, 9.17) is 9.72 Å². The Labute approximate surface area is 161 Å². The Kier molecular flexibility index (Phi) is 4.65. The number of ether oxygens (including phenoxy) is 1. The molecule has 0 bridgehead atoms. The van der Waals surface area contributed by atoms with Gasteiger partial charge in [-0.05, 0) is 38.2 Å². The largest absolute Gasteiger partial charge is 0.370 e. The molecule has 140 valence electrons. The van der Waals surface area contributed by atoms with Crippen LogP contribution in [0.4, 0.5) is 5.82 Å². The van der Waals surface area contributed by atoms with Gasteiger partial charge in [-0.3, -0.25) is 0 Å². The smallest absolute Gasteiger partial charge is 0.147 e. The lowest BCUT2D eigenvalue weighted by atomic mass is 9.86. The molecule has 0 saturated carbocycles. The second kappa shape index (κ2) is 6.98. The van der Waals surface area contributed by atoms with E-state index in [1.807, 2.05) is 18.2 Å². The van der Waals surface area contributed by atoms with E-state index in [2.05, 4.69) is 43.9 Å². The molecule has 4 nitrogen and oxygen atoms in total. The number of rotatable bonds is 2. The zero-order valence-corrected chi connectivity index (χ0v) is 16.5. The van der Waals surface area contributed by atoms with Crippen molar-refractivity contribution < 1.29 is 4.74 Å². The van der Waals surface area contributed by atoms with Crippen molar-refractivity contribution in [2.75, 3.05) is 18.0 Å². The molecule has 0 amide bonds. The molecule has 2 aliphatic rings. The first kappa shape index (κ1) is 18.0. The fourth-order valence-electron chi connectivity index (χ4n) is 4.15. The lowest BCUT2D eigenvalue weighted by molar-refractivity contribution is -0.0400. The molecule has 3 heterocycles. The van der Waals surface area contributed by atoms with Crippen LogP contribution in [0, 0.1) is 17.2 Å². The van der Waals surface area contributed by atoms with E-state index in [1.165, 1.54) is 0 Å². The zero-order valence-electron chi connectivity index (χ0n) is 16.5. The van der Waals surface area contributed by atoms with Gasteiger partial charge in [0.1, 0.15) is 11.9 Å². The Hall–Kier alpha value is -2.38. The fraction of sp³-hybridized carbons (Fsp3) is 0.478. The number of pyridine rings is 1. The molecule has 0 radical (unpaired) electrons. The fourth-order valence-corrected chi connectivity index (χ4v) is 4.15. The highest BCUT2D eigenvalue weighted by molar-refractivity contribution is 5.72.